The van der Waals surface area contributed by atoms with Gasteiger partial charge < -0.3 is 10.2 Å². The van der Waals surface area contributed by atoms with Crippen LogP contribution in [0.1, 0.15) is 31.9 Å². The number of carbonyl (C=O) groups is 1. The Labute approximate surface area is 138 Å². The molecule has 1 aromatic carbocycles. The van der Waals surface area contributed by atoms with Crippen molar-refractivity contribution >= 4 is 5.91 Å². The van der Waals surface area contributed by atoms with Gasteiger partial charge in [0.15, 0.2) is 0 Å². The summed E-state index contributed by atoms with van der Waals surface area (Å²) in [6.45, 7) is 4.17. The van der Waals surface area contributed by atoms with E-state index >= 15 is 0 Å². The van der Waals surface area contributed by atoms with Gasteiger partial charge >= 0.3 is 0 Å². The fourth-order valence-electron chi connectivity index (χ4n) is 2.54. The van der Waals surface area contributed by atoms with Crippen molar-refractivity contribution < 1.29 is 4.79 Å². The predicted octanol–water partition coefficient (Wildman–Crippen LogP) is 3.27. The van der Waals surface area contributed by atoms with E-state index in [4.69, 9.17) is 0 Å². The molecule has 2 unspecified atom stereocenters. The number of aromatic nitrogens is 1. The summed E-state index contributed by atoms with van der Waals surface area (Å²) in [5.74, 6) is 0.144. The first kappa shape index (κ1) is 17.2. The first-order chi connectivity index (χ1) is 11.0. The molecule has 1 heterocycles. The van der Waals surface area contributed by atoms with Crippen molar-refractivity contribution in [3.05, 3.63) is 54.4 Å². The summed E-state index contributed by atoms with van der Waals surface area (Å²) in [5, 5.41) is 3.48. The molecule has 0 aliphatic heterocycles. The predicted molar refractivity (Wildman–Crippen MR) is 94.0 cm³/mol. The van der Waals surface area contributed by atoms with Gasteiger partial charge in [0.25, 0.3) is 0 Å². The Morgan fingerprint density at radius 2 is 1.61 bits per heavy atom. The van der Waals surface area contributed by atoms with Gasteiger partial charge in [0, 0.05) is 45.0 Å². The van der Waals surface area contributed by atoms with Crippen LogP contribution in [0.3, 0.4) is 0 Å². The summed E-state index contributed by atoms with van der Waals surface area (Å²) in [6, 6.07) is 12.9. The summed E-state index contributed by atoms with van der Waals surface area (Å²) in [7, 11) is 3.58. The molecule has 2 atom stereocenters. The quantitative estimate of drug-likeness (QED) is 0.890. The number of nitrogens with one attached hydrogen (secondary N) is 1. The first-order valence-electron chi connectivity index (χ1n) is 7.94. The van der Waals surface area contributed by atoms with Crippen molar-refractivity contribution in [1.82, 2.24) is 15.2 Å². The van der Waals surface area contributed by atoms with Crippen LogP contribution in [0.15, 0.2) is 48.8 Å². The Hall–Kier alpha value is -2.20. The Morgan fingerprint density at radius 1 is 1.04 bits per heavy atom. The largest absolute Gasteiger partial charge is 0.349 e. The SMILES string of the molecule is CC(CC(=O)N(C)C)NC(C)c1ccc(-c2ccncc2)cc1. The van der Waals surface area contributed by atoms with Gasteiger partial charge in [-0.15, -0.1) is 0 Å². The Balaban J connectivity index is 1.97. The number of hydrogen-bond donors (Lipinski definition) is 1. The van der Waals surface area contributed by atoms with E-state index in [9.17, 15) is 4.79 Å². The second-order valence-corrected chi connectivity index (χ2v) is 6.14. The third-order valence-electron chi connectivity index (χ3n) is 3.94. The van der Waals surface area contributed by atoms with Gasteiger partial charge in [-0.3, -0.25) is 9.78 Å². The summed E-state index contributed by atoms with van der Waals surface area (Å²) in [5.41, 5.74) is 3.56. The molecule has 4 heteroatoms. The lowest BCUT2D eigenvalue weighted by atomic mass is 10.0. The lowest BCUT2D eigenvalue weighted by Crippen LogP contribution is -2.34. The maximum Gasteiger partial charge on any atom is 0.223 e. The summed E-state index contributed by atoms with van der Waals surface area (Å²) in [4.78, 5) is 17.4. The highest BCUT2D eigenvalue weighted by Gasteiger charge is 2.14. The van der Waals surface area contributed by atoms with Gasteiger partial charge in [0.2, 0.25) is 5.91 Å². The molecular formula is C19H25N3O. The van der Waals surface area contributed by atoms with Crippen molar-refractivity contribution in [3.63, 3.8) is 0 Å². The number of benzene rings is 1. The molecule has 0 fully saturated rings. The van der Waals surface area contributed by atoms with Gasteiger partial charge in [0.05, 0.1) is 0 Å². The van der Waals surface area contributed by atoms with Crippen LogP contribution >= 0.6 is 0 Å². The van der Waals surface area contributed by atoms with E-state index < -0.39 is 0 Å². The van der Waals surface area contributed by atoms with Crippen LogP contribution in [0.2, 0.25) is 0 Å². The van der Waals surface area contributed by atoms with Crippen LogP contribution < -0.4 is 5.32 Å². The number of pyridine rings is 1. The third-order valence-corrected chi connectivity index (χ3v) is 3.94. The average Bonchev–Trinajstić information content (AvgIpc) is 2.55. The van der Waals surface area contributed by atoms with Crippen molar-refractivity contribution in [2.24, 2.45) is 0 Å². The van der Waals surface area contributed by atoms with Gasteiger partial charge in [-0.2, -0.15) is 0 Å². The molecule has 1 N–H and O–H groups in total. The molecule has 0 aliphatic carbocycles. The monoisotopic (exact) mass is 311 g/mol. The van der Waals surface area contributed by atoms with Gasteiger partial charge in [-0.05, 0) is 42.7 Å². The van der Waals surface area contributed by atoms with Crippen molar-refractivity contribution in [3.8, 4) is 11.1 Å². The minimum atomic E-state index is 0.139. The molecule has 0 bridgehead atoms. The van der Waals surface area contributed by atoms with Crippen molar-refractivity contribution in [2.75, 3.05) is 14.1 Å². The zero-order valence-electron chi connectivity index (χ0n) is 14.3. The Morgan fingerprint density at radius 3 is 2.17 bits per heavy atom. The number of amides is 1. The smallest absolute Gasteiger partial charge is 0.223 e. The molecule has 0 radical (unpaired) electrons. The summed E-state index contributed by atoms with van der Waals surface area (Å²) >= 11 is 0. The lowest BCUT2D eigenvalue weighted by Gasteiger charge is -2.21. The normalized spacial score (nSPS) is 13.4. The second kappa shape index (κ2) is 7.88. The fraction of sp³-hybridized carbons (Fsp3) is 0.368. The van der Waals surface area contributed by atoms with E-state index in [0.717, 1.165) is 5.56 Å². The second-order valence-electron chi connectivity index (χ2n) is 6.14. The van der Waals surface area contributed by atoms with Gasteiger partial charge in [0.1, 0.15) is 0 Å². The highest BCUT2D eigenvalue weighted by Crippen LogP contribution is 2.21. The molecule has 0 saturated carbocycles. The highest BCUT2D eigenvalue weighted by molar-refractivity contribution is 5.76. The summed E-state index contributed by atoms with van der Waals surface area (Å²) in [6.07, 6.45) is 4.11. The Bertz CT molecular complexity index is 623. The number of nitrogens with zero attached hydrogens (tertiary/aromatic N) is 2. The fourth-order valence-corrected chi connectivity index (χ4v) is 2.54. The van der Waals surface area contributed by atoms with Gasteiger partial charge in [-0.1, -0.05) is 24.3 Å². The highest BCUT2D eigenvalue weighted by atomic mass is 16.2. The summed E-state index contributed by atoms with van der Waals surface area (Å²) < 4.78 is 0. The minimum absolute atomic E-state index is 0.139. The maximum absolute atomic E-state index is 11.8. The van der Waals surface area contributed by atoms with Crippen LogP contribution in [0.5, 0.6) is 0 Å². The van der Waals surface area contributed by atoms with E-state index in [2.05, 4.69) is 41.5 Å². The molecule has 1 aromatic heterocycles. The number of rotatable bonds is 6. The van der Waals surface area contributed by atoms with Crippen LogP contribution in [-0.4, -0.2) is 35.9 Å². The topological polar surface area (TPSA) is 45.2 Å². The van der Waals surface area contributed by atoms with Crippen molar-refractivity contribution in [2.45, 2.75) is 32.4 Å². The standard InChI is InChI=1S/C19H25N3O/c1-14(13-19(23)22(3)4)21-15(2)16-5-7-17(8-6-16)18-9-11-20-12-10-18/h5-12,14-15,21H,13H2,1-4H3. The van der Waals surface area contributed by atoms with Crippen LogP contribution in [0.25, 0.3) is 11.1 Å². The first-order valence-corrected chi connectivity index (χ1v) is 7.94. The van der Waals surface area contributed by atoms with Crippen molar-refractivity contribution in [1.29, 1.82) is 0 Å². The van der Waals surface area contributed by atoms with Crippen LogP contribution in [0, 0.1) is 0 Å². The van der Waals surface area contributed by atoms with E-state index in [1.807, 2.05) is 19.1 Å². The molecular weight excluding hydrogens is 286 g/mol. The van der Waals surface area contributed by atoms with E-state index in [1.54, 1.807) is 31.4 Å². The van der Waals surface area contributed by atoms with Gasteiger partial charge in [-0.25, -0.2) is 0 Å². The minimum Gasteiger partial charge on any atom is -0.349 e. The molecule has 4 nitrogen and oxygen atoms in total. The molecule has 0 aliphatic rings. The third kappa shape index (κ3) is 4.89. The molecule has 0 saturated heterocycles. The zero-order chi connectivity index (χ0) is 16.8. The lowest BCUT2D eigenvalue weighted by molar-refractivity contribution is -0.129. The number of carbonyl (C=O) groups excluding carboxylic acids is 1. The van der Waals surface area contributed by atoms with E-state index in [1.165, 1.54) is 11.1 Å². The molecule has 2 rings (SSSR count). The van der Waals surface area contributed by atoms with Crippen LogP contribution in [0.4, 0.5) is 0 Å². The molecule has 1 amide bonds. The molecule has 0 spiro atoms. The van der Waals surface area contributed by atoms with E-state index in [0.29, 0.717) is 6.42 Å². The van der Waals surface area contributed by atoms with E-state index in [-0.39, 0.29) is 18.0 Å². The average molecular weight is 311 g/mol. The molecule has 122 valence electrons. The van der Waals surface area contributed by atoms with Crippen LogP contribution in [-0.2, 0) is 4.79 Å². The number of hydrogen-bond acceptors (Lipinski definition) is 3. The maximum atomic E-state index is 11.8. The molecule has 23 heavy (non-hydrogen) atoms. The zero-order valence-corrected chi connectivity index (χ0v) is 14.3. The Kier molecular flexibility index (Phi) is 5.88. The molecule has 2 aromatic rings.